The molecular weight excluding hydrogens is 416 g/mol. The lowest BCUT2D eigenvalue weighted by Gasteiger charge is -2.05. The summed E-state index contributed by atoms with van der Waals surface area (Å²) >= 11 is 6.04. The minimum Gasteiger partial charge on any atom is -0.508 e. The highest BCUT2D eigenvalue weighted by atomic mass is 35.5. The van der Waals surface area contributed by atoms with Crippen LogP contribution < -0.4 is 0 Å². The minimum atomic E-state index is -1.46. The molecule has 3 rings (SSSR count). The third-order valence-electron chi connectivity index (χ3n) is 3.90. The van der Waals surface area contributed by atoms with E-state index < -0.39 is 32.8 Å². The third kappa shape index (κ3) is 6.01. The van der Waals surface area contributed by atoms with Crippen molar-refractivity contribution in [3.8, 4) is 5.75 Å². The molecule has 0 aromatic heterocycles. The number of phenols is 1. The predicted molar refractivity (Wildman–Crippen MR) is 109 cm³/mol. The third-order valence-corrected chi connectivity index (χ3v) is 4.27. The molecule has 10 heteroatoms. The molecule has 0 aliphatic rings. The lowest BCUT2D eigenvalue weighted by molar-refractivity contribution is -0.394. The van der Waals surface area contributed by atoms with Crippen LogP contribution >= 0.6 is 11.6 Å². The Hall–Kier alpha value is -3.98. The van der Waals surface area contributed by atoms with E-state index in [-0.39, 0.29) is 0 Å². The van der Waals surface area contributed by atoms with Crippen LogP contribution in [0.15, 0.2) is 66.7 Å². The first-order valence-electron chi connectivity index (χ1n) is 8.36. The number of nitro benzene ring substituents is 2. The highest BCUT2D eigenvalue weighted by Gasteiger charge is 2.19. The number of carbonyl (C=O) groups is 1. The summed E-state index contributed by atoms with van der Waals surface area (Å²) in [6.07, 6.45) is 0.659. The number of non-ortho nitro benzene ring substituents is 2. The van der Waals surface area contributed by atoms with Crippen LogP contribution in [-0.4, -0.2) is 26.0 Å². The van der Waals surface area contributed by atoms with Crippen molar-refractivity contribution in [3.05, 3.63) is 109 Å². The van der Waals surface area contributed by atoms with Crippen molar-refractivity contribution < 1.29 is 24.9 Å². The summed E-state index contributed by atoms with van der Waals surface area (Å²) in [6, 6.07) is 17.2. The SMILES string of the molecule is O=C(O)c1cc([N+](=O)[O-])cc([N+](=O)[O-])c1.Oc1ccccc1Cc1ccccc1Cl. The van der Waals surface area contributed by atoms with Crippen LogP contribution in [0.1, 0.15) is 21.5 Å². The van der Waals surface area contributed by atoms with Crippen molar-refractivity contribution in [3.63, 3.8) is 0 Å². The second-order valence-corrected chi connectivity index (χ2v) is 6.36. The standard InChI is InChI=1S/C13H11ClO.C7H4N2O6/c14-12-7-3-1-5-10(12)9-11-6-2-4-8-13(11)15;10-7(11)4-1-5(8(12)13)3-6(2-4)9(14)15/h1-8,15H,9H2;1-3H,(H,10,11). The van der Waals surface area contributed by atoms with Gasteiger partial charge in [-0.25, -0.2) is 4.79 Å². The summed E-state index contributed by atoms with van der Waals surface area (Å²) in [7, 11) is 0. The number of para-hydroxylation sites is 1. The number of carboxylic acid groups (broad SMARTS) is 1. The highest BCUT2D eigenvalue weighted by Crippen LogP contribution is 2.24. The average molecular weight is 431 g/mol. The smallest absolute Gasteiger partial charge is 0.336 e. The Balaban J connectivity index is 0.000000214. The molecule has 3 aromatic carbocycles. The molecule has 0 heterocycles. The van der Waals surface area contributed by atoms with Crippen LogP contribution in [0.3, 0.4) is 0 Å². The summed E-state index contributed by atoms with van der Waals surface area (Å²) in [4.78, 5) is 29.4. The first kappa shape index (κ1) is 22.3. The molecule has 9 nitrogen and oxygen atoms in total. The van der Waals surface area contributed by atoms with Crippen molar-refractivity contribution in [2.45, 2.75) is 6.42 Å². The van der Waals surface area contributed by atoms with E-state index in [1.54, 1.807) is 6.07 Å². The molecule has 0 aliphatic heterocycles. The summed E-state index contributed by atoms with van der Waals surface area (Å²) in [5.41, 5.74) is 0.186. The summed E-state index contributed by atoms with van der Waals surface area (Å²) in [6.45, 7) is 0. The molecule has 0 fully saturated rings. The fourth-order valence-electron chi connectivity index (χ4n) is 2.44. The molecule has 0 saturated heterocycles. The lowest BCUT2D eigenvalue weighted by atomic mass is 10.0. The van der Waals surface area contributed by atoms with Gasteiger partial charge in [-0.15, -0.1) is 0 Å². The Kier molecular flexibility index (Phi) is 7.43. The molecular formula is C20H15ClN2O7. The number of nitrogens with zero attached hydrogens (tertiary/aromatic N) is 2. The molecule has 154 valence electrons. The van der Waals surface area contributed by atoms with E-state index in [2.05, 4.69) is 0 Å². The number of rotatable bonds is 5. The molecule has 0 radical (unpaired) electrons. The summed E-state index contributed by atoms with van der Waals surface area (Å²) in [5, 5.41) is 39.6. The number of aromatic hydroxyl groups is 1. The van der Waals surface area contributed by atoms with Crippen molar-refractivity contribution >= 4 is 28.9 Å². The molecule has 3 aromatic rings. The first-order chi connectivity index (χ1) is 14.2. The molecule has 0 amide bonds. The largest absolute Gasteiger partial charge is 0.508 e. The van der Waals surface area contributed by atoms with Gasteiger partial charge in [-0.1, -0.05) is 48.0 Å². The van der Waals surface area contributed by atoms with Gasteiger partial charge in [0.1, 0.15) is 5.75 Å². The fraction of sp³-hybridized carbons (Fsp3) is 0.0500. The Morgan fingerprint density at radius 1 is 0.867 bits per heavy atom. The molecule has 0 bridgehead atoms. The zero-order valence-corrected chi connectivity index (χ0v) is 16.0. The molecule has 0 atom stereocenters. The number of nitro groups is 2. The monoisotopic (exact) mass is 430 g/mol. The number of halogens is 1. The molecule has 30 heavy (non-hydrogen) atoms. The highest BCUT2D eigenvalue weighted by molar-refractivity contribution is 6.31. The topological polar surface area (TPSA) is 144 Å². The zero-order valence-electron chi connectivity index (χ0n) is 15.3. The first-order valence-corrected chi connectivity index (χ1v) is 8.74. The predicted octanol–water partition coefficient (Wildman–Crippen LogP) is 4.84. The molecule has 0 aliphatic carbocycles. The Bertz CT molecular complexity index is 980. The van der Waals surface area contributed by atoms with Gasteiger partial charge in [0, 0.05) is 23.6 Å². The maximum absolute atomic E-state index is 10.5. The van der Waals surface area contributed by atoms with Gasteiger partial charge in [-0.3, -0.25) is 20.2 Å². The van der Waals surface area contributed by atoms with Crippen LogP contribution in [0.2, 0.25) is 5.02 Å². The van der Waals surface area contributed by atoms with Crippen molar-refractivity contribution in [1.29, 1.82) is 0 Å². The van der Waals surface area contributed by atoms with E-state index in [4.69, 9.17) is 16.7 Å². The average Bonchev–Trinajstić information content (AvgIpc) is 2.71. The van der Waals surface area contributed by atoms with Crippen LogP contribution in [0.5, 0.6) is 5.75 Å². The second-order valence-electron chi connectivity index (χ2n) is 5.95. The quantitative estimate of drug-likeness (QED) is 0.435. The van der Waals surface area contributed by atoms with Gasteiger partial charge < -0.3 is 10.2 Å². The summed E-state index contributed by atoms with van der Waals surface area (Å²) in [5.74, 6) is -1.14. The van der Waals surface area contributed by atoms with Gasteiger partial charge in [-0.05, 0) is 23.3 Å². The number of aromatic carboxylic acids is 1. The molecule has 0 spiro atoms. The number of hydrogen-bond donors (Lipinski definition) is 2. The van der Waals surface area contributed by atoms with E-state index >= 15 is 0 Å². The normalized spacial score (nSPS) is 9.90. The van der Waals surface area contributed by atoms with E-state index in [1.165, 1.54) is 0 Å². The van der Waals surface area contributed by atoms with E-state index in [0.717, 1.165) is 28.3 Å². The van der Waals surface area contributed by atoms with Gasteiger partial charge in [-0.2, -0.15) is 0 Å². The number of benzene rings is 3. The lowest BCUT2D eigenvalue weighted by Crippen LogP contribution is -2.00. The van der Waals surface area contributed by atoms with Gasteiger partial charge in [0.2, 0.25) is 0 Å². The van der Waals surface area contributed by atoms with E-state index in [9.17, 15) is 30.1 Å². The molecule has 0 saturated carbocycles. The second kappa shape index (κ2) is 9.99. The maximum atomic E-state index is 10.5. The Morgan fingerprint density at radius 3 is 1.83 bits per heavy atom. The maximum Gasteiger partial charge on any atom is 0.336 e. The molecule has 2 N–H and O–H groups in total. The summed E-state index contributed by atoms with van der Waals surface area (Å²) < 4.78 is 0. The Labute approximate surface area is 175 Å². The van der Waals surface area contributed by atoms with Gasteiger partial charge in [0.15, 0.2) is 0 Å². The fourth-order valence-corrected chi connectivity index (χ4v) is 2.64. The van der Waals surface area contributed by atoms with E-state index in [0.29, 0.717) is 18.2 Å². The van der Waals surface area contributed by atoms with Gasteiger partial charge in [0.05, 0.1) is 21.5 Å². The number of carboxylic acids is 1. The van der Waals surface area contributed by atoms with Crippen molar-refractivity contribution in [1.82, 2.24) is 0 Å². The number of hydrogen-bond acceptors (Lipinski definition) is 6. The van der Waals surface area contributed by atoms with Crippen LogP contribution in [0.25, 0.3) is 0 Å². The minimum absolute atomic E-state index is 0.317. The van der Waals surface area contributed by atoms with Crippen molar-refractivity contribution in [2.75, 3.05) is 0 Å². The van der Waals surface area contributed by atoms with Crippen molar-refractivity contribution in [2.24, 2.45) is 0 Å². The number of phenolic OH excluding ortho intramolecular Hbond substituents is 1. The van der Waals surface area contributed by atoms with E-state index in [1.807, 2.05) is 42.5 Å². The van der Waals surface area contributed by atoms with Gasteiger partial charge >= 0.3 is 5.97 Å². The van der Waals surface area contributed by atoms with Gasteiger partial charge in [0.25, 0.3) is 11.4 Å². The zero-order chi connectivity index (χ0) is 22.3. The van der Waals surface area contributed by atoms with Crippen LogP contribution in [0.4, 0.5) is 11.4 Å². The van der Waals surface area contributed by atoms with Crippen LogP contribution in [-0.2, 0) is 6.42 Å². The Morgan fingerprint density at radius 2 is 1.37 bits per heavy atom. The molecule has 0 unspecified atom stereocenters. The van der Waals surface area contributed by atoms with Crippen LogP contribution in [0, 0.1) is 20.2 Å².